The van der Waals surface area contributed by atoms with Crippen molar-refractivity contribution in [1.82, 2.24) is 25.2 Å². The predicted molar refractivity (Wildman–Crippen MR) is 179 cm³/mol. The Morgan fingerprint density at radius 1 is 0.981 bits per heavy atom. The number of aromatic hydroxyl groups is 1. The Bertz CT molecular complexity index is 2100. The lowest BCUT2D eigenvalue weighted by Crippen LogP contribution is -2.58. The fourth-order valence-corrected chi connectivity index (χ4v) is 8.28. The van der Waals surface area contributed by atoms with Crippen LogP contribution in [0.5, 0.6) is 17.5 Å². The maximum atomic E-state index is 17.1. The van der Waals surface area contributed by atoms with Gasteiger partial charge in [0, 0.05) is 61.2 Å². The van der Waals surface area contributed by atoms with Crippen molar-refractivity contribution >= 4 is 27.5 Å². The Morgan fingerprint density at radius 2 is 1.78 bits per heavy atom. The standard InChI is InChI=1S/C36H36F8N6O4/c1-2-23-25-6-5-24-27-30(28(38)29(46-24)21-14-19(51)13-18-3-4-22(37)31(26(18)21)54-36(42,43)44)47-33(48-32(27)50(25)12-10-45-23)52-17-34(8-9-34)16-49-11-7-20(15-49)53-35(39,40)41/h3-4,13-14,20,23,25,45,51H,2,5-12,15-17H2,1H3/t20-,23-,25+/m0/s1. The first-order valence-corrected chi connectivity index (χ1v) is 17.8. The highest BCUT2D eigenvalue weighted by atomic mass is 19.4. The summed E-state index contributed by atoms with van der Waals surface area (Å²) in [5.74, 6) is -3.65. The number of ether oxygens (including phenoxy) is 3. The molecule has 0 spiro atoms. The van der Waals surface area contributed by atoms with E-state index in [1.807, 2.05) is 11.8 Å². The van der Waals surface area contributed by atoms with Crippen molar-refractivity contribution in [2.24, 2.45) is 5.41 Å². The third kappa shape index (κ3) is 7.14. The van der Waals surface area contributed by atoms with Gasteiger partial charge in [0.2, 0.25) is 0 Å². The zero-order chi connectivity index (χ0) is 38.2. The monoisotopic (exact) mass is 768 g/mol. The van der Waals surface area contributed by atoms with E-state index in [1.165, 1.54) is 0 Å². The molecular formula is C36H36F8N6O4. The summed E-state index contributed by atoms with van der Waals surface area (Å²) in [6.07, 6.45) is -7.61. The number of hydrogen-bond acceptors (Lipinski definition) is 10. The molecule has 0 amide bonds. The zero-order valence-electron chi connectivity index (χ0n) is 29.0. The maximum absolute atomic E-state index is 17.1. The van der Waals surface area contributed by atoms with E-state index in [1.54, 1.807) is 0 Å². The molecule has 1 saturated carbocycles. The van der Waals surface area contributed by atoms with E-state index in [4.69, 9.17) is 9.72 Å². The number of hydrogen-bond donors (Lipinski definition) is 2. The van der Waals surface area contributed by atoms with E-state index in [9.17, 15) is 31.4 Å². The van der Waals surface area contributed by atoms with Gasteiger partial charge in [0.05, 0.1) is 23.8 Å². The Morgan fingerprint density at radius 3 is 2.50 bits per heavy atom. The molecule has 2 N–H and O–H groups in total. The summed E-state index contributed by atoms with van der Waals surface area (Å²) in [6, 6.07) is 3.81. The molecule has 2 aromatic carbocycles. The zero-order valence-corrected chi connectivity index (χ0v) is 29.0. The molecule has 18 heteroatoms. The molecule has 54 heavy (non-hydrogen) atoms. The molecule has 4 aromatic rings. The van der Waals surface area contributed by atoms with Crippen LogP contribution in [0.1, 0.15) is 44.7 Å². The minimum Gasteiger partial charge on any atom is -0.508 e. The van der Waals surface area contributed by atoms with Gasteiger partial charge in [0.25, 0.3) is 0 Å². The first kappa shape index (κ1) is 36.7. The second-order valence-electron chi connectivity index (χ2n) is 14.6. The topological polar surface area (TPSA) is 105 Å². The lowest BCUT2D eigenvalue weighted by Gasteiger charge is -2.42. The van der Waals surface area contributed by atoms with E-state index in [-0.39, 0.29) is 54.1 Å². The molecule has 3 aliphatic heterocycles. The number of phenolic OH excluding ortho intramolecular Hbond substituents is 1. The van der Waals surface area contributed by atoms with E-state index >= 15 is 8.78 Å². The van der Waals surface area contributed by atoms with Crippen LogP contribution in [0.15, 0.2) is 24.3 Å². The molecule has 2 aromatic heterocycles. The number of piperazine rings is 1. The number of nitrogens with zero attached hydrogens (tertiary/aromatic N) is 5. The third-order valence-corrected chi connectivity index (χ3v) is 10.9. The number of halogens is 8. The van der Waals surface area contributed by atoms with Crippen LogP contribution < -0.4 is 19.7 Å². The molecule has 0 radical (unpaired) electrons. The number of phenols is 1. The van der Waals surface area contributed by atoms with E-state index < -0.39 is 58.5 Å². The molecule has 0 bridgehead atoms. The van der Waals surface area contributed by atoms with Crippen molar-refractivity contribution in [3.63, 3.8) is 0 Å². The first-order valence-electron chi connectivity index (χ1n) is 17.8. The fourth-order valence-electron chi connectivity index (χ4n) is 8.28. The first-order chi connectivity index (χ1) is 25.6. The van der Waals surface area contributed by atoms with Crippen molar-refractivity contribution in [2.75, 3.05) is 44.2 Å². The van der Waals surface area contributed by atoms with Crippen LogP contribution in [0, 0.1) is 17.0 Å². The lowest BCUT2D eigenvalue weighted by atomic mass is 9.96. The van der Waals surface area contributed by atoms with Gasteiger partial charge in [-0.3, -0.25) is 9.64 Å². The molecular weight excluding hydrogens is 732 g/mol. The Hall–Kier alpha value is -4.29. The van der Waals surface area contributed by atoms with Gasteiger partial charge in [-0.15, -0.1) is 26.3 Å². The minimum atomic E-state index is -5.29. The van der Waals surface area contributed by atoms with Gasteiger partial charge < -0.3 is 24.8 Å². The third-order valence-electron chi connectivity index (χ3n) is 10.9. The van der Waals surface area contributed by atoms with Crippen molar-refractivity contribution in [2.45, 2.75) is 76.4 Å². The molecule has 2 saturated heterocycles. The van der Waals surface area contributed by atoms with Gasteiger partial charge >= 0.3 is 18.7 Å². The number of benzene rings is 2. The highest BCUT2D eigenvalue weighted by molar-refractivity contribution is 6.04. The van der Waals surface area contributed by atoms with Crippen molar-refractivity contribution in [1.29, 1.82) is 0 Å². The highest BCUT2D eigenvalue weighted by Crippen LogP contribution is 2.48. The Labute approximate surface area is 303 Å². The van der Waals surface area contributed by atoms with Crippen LogP contribution in [0.25, 0.3) is 32.9 Å². The molecule has 1 aliphatic carbocycles. The number of likely N-dealkylation sites (tertiary alicyclic amines) is 1. The van der Waals surface area contributed by atoms with Crippen LogP contribution >= 0.6 is 0 Å². The SMILES string of the molecule is CC[C@@H]1NCCN2c3nc(OCC4(CN5CC[C@H](OC(F)(F)F)C5)CC4)nc4c(F)c(-c5cc(O)cc6ccc(F)c(OC(F)(F)F)c56)nc(c34)CC[C@H]12. The molecule has 0 unspecified atom stereocenters. The summed E-state index contributed by atoms with van der Waals surface area (Å²) in [5.41, 5.74) is -1.06. The second kappa shape index (κ2) is 13.5. The van der Waals surface area contributed by atoms with Crippen molar-refractivity contribution < 1.29 is 54.4 Å². The second-order valence-corrected chi connectivity index (χ2v) is 14.6. The van der Waals surface area contributed by atoms with Crippen LogP contribution in [-0.4, -0.2) is 95.2 Å². The summed E-state index contributed by atoms with van der Waals surface area (Å²) in [7, 11) is 0. The molecule has 290 valence electrons. The van der Waals surface area contributed by atoms with Crippen LogP contribution in [0.3, 0.4) is 0 Å². The number of aryl methyl sites for hydroxylation is 1. The largest absolute Gasteiger partial charge is 0.573 e. The quantitative estimate of drug-likeness (QED) is 0.173. The summed E-state index contributed by atoms with van der Waals surface area (Å²) in [4.78, 5) is 17.9. The van der Waals surface area contributed by atoms with Gasteiger partial charge in [0.15, 0.2) is 17.4 Å². The van der Waals surface area contributed by atoms with Crippen molar-refractivity contribution in [3.05, 3.63) is 41.6 Å². The fraction of sp³-hybridized carbons (Fsp3) is 0.528. The van der Waals surface area contributed by atoms with Gasteiger partial charge in [0.1, 0.15) is 22.8 Å². The van der Waals surface area contributed by atoms with Gasteiger partial charge in [-0.05, 0) is 62.1 Å². The van der Waals surface area contributed by atoms with Crippen molar-refractivity contribution in [3.8, 4) is 28.8 Å². The normalized spacial score (nSPS) is 22.8. The van der Waals surface area contributed by atoms with Gasteiger partial charge in [-0.25, -0.2) is 13.8 Å². The molecule has 4 aliphatic rings. The predicted octanol–water partition coefficient (Wildman–Crippen LogP) is 7.00. The minimum absolute atomic E-state index is 0.0483. The van der Waals surface area contributed by atoms with Crippen LogP contribution in [0.4, 0.5) is 40.9 Å². The lowest BCUT2D eigenvalue weighted by molar-refractivity contribution is -0.340. The Balaban J connectivity index is 1.21. The molecule has 10 nitrogen and oxygen atoms in total. The number of aromatic nitrogens is 3. The highest BCUT2D eigenvalue weighted by Gasteiger charge is 2.47. The van der Waals surface area contributed by atoms with E-state index in [0.717, 1.165) is 43.5 Å². The number of pyridine rings is 1. The molecule has 5 heterocycles. The smallest absolute Gasteiger partial charge is 0.508 e. The number of anilines is 1. The molecule has 3 fully saturated rings. The summed E-state index contributed by atoms with van der Waals surface area (Å²) in [5, 5.41) is 14.0. The summed E-state index contributed by atoms with van der Waals surface area (Å²) < 4.78 is 126. The average Bonchev–Trinajstić information content (AvgIpc) is 3.78. The molecule has 3 atom stereocenters. The number of fused-ring (bicyclic) bond motifs is 3. The van der Waals surface area contributed by atoms with Crippen LogP contribution in [-0.2, 0) is 11.2 Å². The number of alkyl halides is 6. The summed E-state index contributed by atoms with van der Waals surface area (Å²) >= 11 is 0. The molecule has 8 rings (SSSR count). The van der Waals surface area contributed by atoms with E-state index in [2.05, 4.69) is 29.7 Å². The summed E-state index contributed by atoms with van der Waals surface area (Å²) in [6.45, 7) is 4.27. The van der Waals surface area contributed by atoms with Gasteiger partial charge in [-0.1, -0.05) is 13.0 Å². The Kier molecular flexibility index (Phi) is 9.15. The van der Waals surface area contributed by atoms with E-state index in [0.29, 0.717) is 55.9 Å². The maximum Gasteiger partial charge on any atom is 0.573 e. The number of rotatable bonds is 9. The van der Waals surface area contributed by atoms with Gasteiger partial charge in [-0.2, -0.15) is 9.97 Å². The number of nitrogens with one attached hydrogen (secondary N) is 1. The average molecular weight is 769 g/mol. The van der Waals surface area contributed by atoms with Crippen LogP contribution in [0.2, 0.25) is 0 Å².